The first kappa shape index (κ1) is 18.6. The van der Waals surface area contributed by atoms with Gasteiger partial charge in [-0.3, -0.25) is 4.79 Å². The molecule has 0 radical (unpaired) electrons. The molecule has 28 heavy (non-hydrogen) atoms. The van der Waals surface area contributed by atoms with Crippen molar-refractivity contribution in [2.45, 2.75) is 18.9 Å². The van der Waals surface area contributed by atoms with Gasteiger partial charge in [0.1, 0.15) is 19.0 Å². The van der Waals surface area contributed by atoms with Crippen LogP contribution in [0, 0.1) is 5.92 Å². The molecular formula is C22H25NO5. The van der Waals surface area contributed by atoms with E-state index in [4.69, 9.17) is 18.9 Å². The summed E-state index contributed by atoms with van der Waals surface area (Å²) in [7, 11) is 1.64. The molecule has 2 aromatic rings. The number of hydrogen-bond donors (Lipinski definition) is 1. The minimum Gasteiger partial charge on any atom is -0.497 e. The normalized spacial score (nSPS) is 23.3. The summed E-state index contributed by atoms with van der Waals surface area (Å²) in [5.74, 6) is 1.75. The van der Waals surface area contributed by atoms with Crippen LogP contribution in [0.2, 0.25) is 0 Å². The number of nitrogens with one attached hydrogen (secondary N) is 1. The second-order valence-corrected chi connectivity index (χ2v) is 6.95. The number of benzene rings is 2. The van der Waals surface area contributed by atoms with Crippen LogP contribution in [0.1, 0.15) is 30.0 Å². The third kappa shape index (κ3) is 3.52. The van der Waals surface area contributed by atoms with Gasteiger partial charge in [0.25, 0.3) is 0 Å². The van der Waals surface area contributed by atoms with Crippen LogP contribution in [0.4, 0.5) is 0 Å². The number of fused-ring (bicyclic) bond motifs is 1. The number of esters is 1. The fraction of sp³-hybridized carbons (Fsp3) is 0.409. The van der Waals surface area contributed by atoms with Crippen molar-refractivity contribution in [1.29, 1.82) is 0 Å². The van der Waals surface area contributed by atoms with Gasteiger partial charge in [-0.05, 0) is 42.3 Å². The van der Waals surface area contributed by atoms with Gasteiger partial charge in [-0.1, -0.05) is 18.2 Å². The molecule has 1 saturated heterocycles. The molecule has 1 N–H and O–H groups in total. The minimum absolute atomic E-state index is 0.0121. The molecule has 0 unspecified atom stereocenters. The Morgan fingerprint density at radius 3 is 2.50 bits per heavy atom. The number of carbonyl (C=O) groups is 1. The Kier molecular flexibility index (Phi) is 5.39. The van der Waals surface area contributed by atoms with Crippen LogP contribution < -0.4 is 19.5 Å². The standard InChI is InChI=1S/C22H25NO5/c1-3-26-22(24)20-17(15-6-9-18-19(12-15)28-11-10-27-18)13-23-21(20)14-4-7-16(25-2)8-5-14/h4-9,12,17,20-21,23H,3,10-11,13H2,1-2H3/t17-,20-,21+/m1/s1. The number of carbonyl (C=O) groups excluding carboxylic acids is 1. The second-order valence-electron chi connectivity index (χ2n) is 6.95. The number of ether oxygens (including phenoxy) is 4. The molecule has 3 atom stereocenters. The molecule has 2 aromatic carbocycles. The van der Waals surface area contributed by atoms with Crippen LogP contribution in [-0.4, -0.2) is 39.4 Å². The Morgan fingerprint density at radius 2 is 1.79 bits per heavy atom. The molecular weight excluding hydrogens is 358 g/mol. The summed E-state index contributed by atoms with van der Waals surface area (Å²) in [6.45, 7) is 3.97. The maximum atomic E-state index is 12.9. The SMILES string of the molecule is CCOC(=O)[C@@H]1[C@@H](c2ccc3c(c2)OCCO3)CN[C@H]1c1ccc(OC)cc1. The highest BCUT2D eigenvalue weighted by molar-refractivity contribution is 5.76. The maximum absolute atomic E-state index is 12.9. The van der Waals surface area contributed by atoms with Crippen molar-refractivity contribution >= 4 is 5.97 Å². The predicted octanol–water partition coefficient (Wildman–Crippen LogP) is 3.07. The molecule has 2 aliphatic heterocycles. The highest BCUT2D eigenvalue weighted by Crippen LogP contribution is 2.43. The summed E-state index contributed by atoms with van der Waals surface area (Å²) in [6, 6.07) is 13.6. The van der Waals surface area contributed by atoms with Crippen molar-refractivity contribution < 1.29 is 23.7 Å². The maximum Gasteiger partial charge on any atom is 0.311 e. The van der Waals surface area contributed by atoms with E-state index in [1.165, 1.54) is 0 Å². The fourth-order valence-corrected chi connectivity index (χ4v) is 4.03. The van der Waals surface area contributed by atoms with E-state index in [0.29, 0.717) is 26.4 Å². The van der Waals surface area contributed by atoms with Crippen molar-refractivity contribution in [1.82, 2.24) is 5.32 Å². The smallest absolute Gasteiger partial charge is 0.311 e. The van der Waals surface area contributed by atoms with E-state index in [1.807, 2.05) is 49.4 Å². The van der Waals surface area contributed by atoms with E-state index in [2.05, 4.69) is 5.32 Å². The average Bonchev–Trinajstić information content (AvgIpc) is 3.19. The molecule has 0 spiro atoms. The summed E-state index contributed by atoms with van der Waals surface area (Å²) in [4.78, 5) is 12.9. The summed E-state index contributed by atoms with van der Waals surface area (Å²) in [5, 5.41) is 3.51. The molecule has 0 amide bonds. The van der Waals surface area contributed by atoms with E-state index in [-0.39, 0.29) is 23.8 Å². The zero-order chi connectivity index (χ0) is 19.5. The monoisotopic (exact) mass is 383 g/mol. The van der Waals surface area contributed by atoms with E-state index < -0.39 is 0 Å². The molecule has 0 aromatic heterocycles. The van der Waals surface area contributed by atoms with Gasteiger partial charge in [0.2, 0.25) is 0 Å². The zero-order valence-corrected chi connectivity index (χ0v) is 16.1. The lowest BCUT2D eigenvalue weighted by Crippen LogP contribution is -2.27. The van der Waals surface area contributed by atoms with Gasteiger partial charge in [-0.25, -0.2) is 0 Å². The predicted molar refractivity (Wildman–Crippen MR) is 104 cm³/mol. The van der Waals surface area contributed by atoms with Gasteiger partial charge in [0.05, 0.1) is 19.6 Å². The summed E-state index contributed by atoms with van der Waals surface area (Å²) in [5.41, 5.74) is 2.09. The Labute approximate surface area is 164 Å². The molecule has 0 aliphatic carbocycles. The van der Waals surface area contributed by atoms with Crippen LogP contribution in [0.25, 0.3) is 0 Å². The molecule has 4 rings (SSSR count). The summed E-state index contributed by atoms with van der Waals surface area (Å²) in [6.07, 6.45) is 0. The highest BCUT2D eigenvalue weighted by atomic mass is 16.6. The van der Waals surface area contributed by atoms with Gasteiger partial charge >= 0.3 is 5.97 Å². The van der Waals surface area contributed by atoms with Crippen molar-refractivity contribution in [3.8, 4) is 17.2 Å². The minimum atomic E-state index is -0.323. The van der Waals surface area contributed by atoms with E-state index in [0.717, 1.165) is 28.4 Å². The molecule has 0 bridgehead atoms. The average molecular weight is 383 g/mol. The van der Waals surface area contributed by atoms with Gasteiger partial charge in [0, 0.05) is 18.5 Å². The molecule has 148 valence electrons. The quantitative estimate of drug-likeness (QED) is 0.801. The molecule has 6 heteroatoms. The largest absolute Gasteiger partial charge is 0.497 e. The van der Waals surface area contributed by atoms with Crippen LogP contribution >= 0.6 is 0 Å². The van der Waals surface area contributed by atoms with Crippen LogP contribution in [0.15, 0.2) is 42.5 Å². The lowest BCUT2D eigenvalue weighted by Gasteiger charge is -2.24. The van der Waals surface area contributed by atoms with E-state index in [9.17, 15) is 4.79 Å². The van der Waals surface area contributed by atoms with E-state index in [1.54, 1.807) is 7.11 Å². The first-order valence-electron chi connectivity index (χ1n) is 9.64. The van der Waals surface area contributed by atoms with Gasteiger partial charge in [-0.15, -0.1) is 0 Å². The van der Waals surface area contributed by atoms with Crippen LogP contribution in [0.3, 0.4) is 0 Å². The number of hydrogen-bond acceptors (Lipinski definition) is 6. The van der Waals surface area contributed by atoms with Crippen molar-refractivity contribution in [3.63, 3.8) is 0 Å². The van der Waals surface area contributed by atoms with Crippen molar-refractivity contribution in [2.24, 2.45) is 5.92 Å². The lowest BCUT2D eigenvalue weighted by atomic mass is 9.82. The Hall–Kier alpha value is -2.73. The Bertz CT molecular complexity index is 835. The van der Waals surface area contributed by atoms with Crippen LogP contribution in [-0.2, 0) is 9.53 Å². The summed E-state index contributed by atoms with van der Waals surface area (Å²) >= 11 is 0. The molecule has 2 aliphatic rings. The van der Waals surface area contributed by atoms with Gasteiger partial charge < -0.3 is 24.3 Å². The highest BCUT2D eigenvalue weighted by Gasteiger charge is 2.43. The zero-order valence-electron chi connectivity index (χ0n) is 16.1. The fourth-order valence-electron chi connectivity index (χ4n) is 4.03. The second kappa shape index (κ2) is 8.10. The molecule has 2 heterocycles. The topological polar surface area (TPSA) is 66.0 Å². The van der Waals surface area contributed by atoms with Crippen molar-refractivity contribution in [3.05, 3.63) is 53.6 Å². The van der Waals surface area contributed by atoms with Crippen molar-refractivity contribution in [2.75, 3.05) is 33.5 Å². The molecule has 1 fully saturated rings. The summed E-state index contributed by atoms with van der Waals surface area (Å²) < 4.78 is 22.0. The lowest BCUT2D eigenvalue weighted by molar-refractivity contribution is -0.148. The Morgan fingerprint density at radius 1 is 1.07 bits per heavy atom. The third-order valence-electron chi connectivity index (χ3n) is 5.38. The van der Waals surface area contributed by atoms with Gasteiger partial charge in [-0.2, -0.15) is 0 Å². The van der Waals surface area contributed by atoms with E-state index >= 15 is 0 Å². The third-order valence-corrected chi connectivity index (χ3v) is 5.38. The molecule has 0 saturated carbocycles. The molecule has 6 nitrogen and oxygen atoms in total. The number of methoxy groups -OCH3 is 1. The van der Waals surface area contributed by atoms with Crippen LogP contribution in [0.5, 0.6) is 17.2 Å². The first-order valence-corrected chi connectivity index (χ1v) is 9.64. The van der Waals surface area contributed by atoms with Gasteiger partial charge in [0.15, 0.2) is 11.5 Å². The Balaban J connectivity index is 1.65. The number of rotatable bonds is 5. The first-order chi connectivity index (χ1) is 13.7.